The summed E-state index contributed by atoms with van der Waals surface area (Å²) in [4.78, 5) is 2.53. The Morgan fingerprint density at radius 3 is 2.11 bits per heavy atom. The molecule has 1 saturated heterocycles. The van der Waals surface area contributed by atoms with Crippen molar-refractivity contribution in [2.45, 2.75) is 77.2 Å². The van der Waals surface area contributed by atoms with Gasteiger partial charge in [0, 0.05) is 0 Å². The van der Waals surface area contributed by atoms with Gasteiger partial charge in [0.1, 0.15) is 5.54 Å². The van der Waals surface area contributed by atoms with E-state index in [2.05, 4.69) is 24.8 Å². The molecule has 2 fully saturated rings. The smallest absolute Gasteiger partial charge is 0.109 e. The summed E-state index contributed by atoms with van der Waals surface area (Å²) in [7, 11) is 0. The molecular weight excluding hydrogens is 220 g/mol. The molecule has 0 aromatic heterocycles. The number of nitriles is 1. The first kappa shape index (κ1) is 13.9. The zero-order chi connectivity index (χ0) is 13.1. The lowest BCUT2D eigenvalue weighted by Gasteiger charge is -2.38. The Hall–Kier alpha value is -0.550. The molecule has 0 spiro atoms. The van der Waals surface area contributed by atoms with Crippen LogP contribution in [0.2, 0.25) is 0 Å². The largest absolute Gasteiger partial charge is 0.286 e. The first-order valence-corrected chi connectivity index (χ1v) is 7.74. The quantitative estimate of drug-likeness (QED) is 0.653. The lowest BCUT2D eigenvalue weighted by Crippen LogP contribution is -2.48. The van der Waals surface area contributed by atoms with Crippen LogP contribution in [0.5, 0.6) is 0 Å². The molecule has 2 rings (SSSR count). The molecule has 2 nitrogen and oxygen atoms in total. The molecule has 0 N–H and O–H groups in total. The summed E-state index contributed by atoms with van der Waals surface area (Å²) in [5.41, 5.74) is 0.294. The van der Waals surface area contributed by atoms with Gasteiger partial charge in [-0.05, 0) is 57.0 Å². The molecule has 0 radical (unpaired) electrons. The van der Waals surface area contributed by atoms with Crippen molar-refractivity contribution in [1.29, 1.82) is 5.26 Å². The fourth-order valence-electron chi connectivity index (χ4n) is 3.65. The lowest BCUT2D eigenvalue weighted by molar-refractivity contribution is 0.121. The van der Waals surface area contributed by atoms with E-state index in [0.717, 1.165) is 25.9 Å². The number of hydrogen-bond acceptors (Lipinski definition) is 2. The maximum Gasteiger partial charge on any atom is 0.109 e. The highest BCUT2D eigenvalue weighted by Gasteiger charge is 2.40. The molecule has 1 aliphatic carbocycles. The van der Waals surface area contributed by atoms with Crippen molar-refractivity contribution >= 4 is 0 Å². The van der Waals surface area contributed by atoms with Crippen molar-refractivity contribution in [1.82, 2.24) is 4.90 Å². The Kier molecular flexibility index (Phi) is 4.33. The van der Waals surface area contributed by atoms with Crippen LogP contribution in [-0.4, -0.2) is 23.5 Å². The molecule has 0 aromatic carbocycles. The normalized spacial score (nSPS) is 34.3. The van der Waals surface area contributed by atoms with Crippen LogP contribution in [0.15, 0.2) is 0 Å². The van der Waals surface area contributed by atoms with Gasteiger partial charge in [0.05, 0.1) is 6.07 Å². The van der Waals surface area contributed by atoms with Crippen molar-refractivity contribution in [3.8, 4) is 6.07 Å². The Labute approximate surface area is 112 Å². The molecule has 1 saturated carbocycles. The zero-order valence-corrected chi connectivity index (χ0v) is 12.2. The highest BCUT2D eigenvalue weighted by atomic mass is 15.2. The van der Waals surface area contributed by atoms with E-state index in [1.54, 1.807) is 0 Å². The van der Waals surface area contributed by atoms with Crippen LogP contribution in [0, 0.1) is 16.7 Å². The van der Waals surface area contributed by atoms with Gasteiger partial charge < -0.3 is 0 Å². The zero-order valence-electron chi connectivity index (χ0n) is 12.2. The van der Waals surface area contributed by atoms with E-state index in [1.807, 2.05) is 0 Å². The highest BCUT2D eigenvalue weighted by Crippen LogP contribution is 2.41. The first-order valence-electron chi connectivity index (χ1n) is 7.74. The maximum atomic E-state index is 9.79. The molecule has 0 aromatic rings. The second-order valence-corrected chi connectivity index (χ2v) is 7.06. The van der Waals surface area contributed by atoms with Crippen molar-refractivity contribution in [2.24, 2.45) is 5.41 Å². The van der Waals surface area contributed by atoms with Crippen molar-refractivity contribution in [3.05, 3.63) is 0 Å². The van der Waals surface area contributed by atoms with Crippen LogP contribution in [0.1, 0.15) is 71.6 Å². The molecule has 102 valence electrons. The number of nitrogens with zero attached hydrogens (tertiary/aromatic N) is 2. The molecule has 0 amide bonds. The Bertz CT molecular complexity index is 308. The van der Waals surface area contributed by atoms with Gasteiger partial charge in [0.25, 0.3) is 0 Å². The van der Waals surface area contributed by atoms with E-state index < -0.39 is 0 Å². The van der Waals surface area contributed by atoms with Gasteiger partial charge in [0.15, 0.2) is 0 Å². The Morgan fingerprint density at radius 2 is 1.50 bits per heavy atom. The minimum absolute atomic E-state index is 0.141. The van der Waals surface area contributed by atoms with Gasteiger partial charge >= 0.3 is 0 Å². The van der Waals surface area contributed by atoms with Crippen LogP contribution in [0.3, 0.4) is 0 Å². The monoisotopic (exact) mass is 248 g/mol. The average Bonchev–Trinajstić information content (AvgIpc) is 2.69. The van der Waals surface area contributed by atoms with Crippen molar-refractivity contribution < 1.29 is 0 Å². The average molecular weight is 248 g/mol. The fourth-order valence-corrected chi connectivity index (χ4v) is 3.65. The number of likely N-dealkylation sites (tertiary alicyclic amines) is 1. The minimum atomic E-state index is -0.141. The van der Waals surface area contributed by atoms with E-state index >= 15 is 0 Å². The van der Waals surface area contributed by atoms with Crippen molar-refractivity contribution in [3.63, 3.8) is 0 Å². The van der Waals surface area contributed by atoms with Crippen LogP contribution in [-0.2, 0) is 0 Å². The predicted octanol–water partition coefficient (Wildman–Crippen LogP) is 4.12. The third-order valence-corrected chi connectivity index (χ3v) is 5.08. The number of rotatable bonds is 1. The summed E-state index contributed by atoms with van der Waals surface area (Å²) in [6.45, 7) is 7.02. The number of hydrogen-bond donors (Lipinski definition) is 0. The minimum Gasteiger partial charge on any atom is -0.286 e. The van der Waals surface area contributed by atoms with E-state index in [-0.39, 0.29) is 5.54 Å². The van der Waals surface area contributed by atoms with E-state index in [9.17, 15) is 5.26 Å². The topological polar surface area (TPSA) is 27.0 Å². The van der Waals surface area contributed by atoms with Gasteiger partial charge in [-0.1, -0.05) is 33.1 Å². The predicted molar refractivity (Wildman–Crippen MR) is 75.3 cm³/mol. The Morgan fingerprint density at radius 1 is 0.833 bits per heavy atom. The highest BCUT2D eigenvalue weighted by molar-refractivity contribution is 5.10. The first-order chi connectivity index (χ1) is 8.58. The molecule has 2 heteroatoms. The summed E-state index contributed by atoms with van der Waals surface area (Å²) in [6, 6.07) is 2.72. The summed E-state index contributed by atoms with van der Waals surface area (Å²) < 4.78 is 0. The third kappa shape index (κ3) is 3.06. The maximum absolute atomic E-state index is 9.79. The summed E-state index contributed by atoms with van der Waals surface area (Å²) in [5, 5.41) is 9.79. The SMILES string of the molecule is CC1(C)CCCC(C#N)(N2CCCCCC2)CC1. The van der Waals surface area contributed by atoms with Crippen LogP contribution >= 0.6 is 0 Å². The molecule has 18 heavy (non-hydrogen) atoms. The fraction of sp³-hybridized carbons (Fsp3) is 0.938. The van der Waals surface area contributed by atoms with E-state index in [0.29, 0.717) is 5.41 Å². The molecule has 1 atom stereocenters. The molecular formula is C16H28N2. The van der Waals surface area contributed by atoms with Crippen molar-refractivity contribution in [2.75, 3.05) is 13.1 Å². The van der Waals surface area contributed by atoms with Gasteiger partial charge in [-0.15, -0.1) is 0 Å². The van der Waals surface area contributed by atoms with Gasteiger partial charge in [-0.3, -0.25) is 4.90 Å². The van der Waals surface area contributed by atoms with E-state index in [1.165, 1.54) is 44.9 Å². The summed E-state index contributed by atoms with van der Waals surface area (Å²) in [6.07, 6.45) is 11.1. The molecule has 1 heterocycles. The van der Waals surface area contributed by atoms with Crippen LogP contribution in [0.4, 0.5) is 0 Å². The standard InChI is InChI=1S/C16H28N2/c1-15(2)8-7-9-16(14-17,11-10-15)18-12-5-3-4-6-13-18/h3-13H2,1-2H3. The van der Waals surface area contributed by atoms with Gasteiger partial charge in [0.2, 0.25) is 0 Å². The second-order valence-electron chi connectivity index (χ2n) is 7.06. The molecule has 1 unspecified atom stereocenters. The lowest BCUT2D eigenvalue weighted by atomic mass is 9.83. The molecule has 2 aliphatic rings. The summed E-state index contributed by atoms with van der Waals surface area (Å²) in [5.74, 6) is 0. The summed E-state index contributed by atoms with van der Waals surface area (Å²) >= 11 is 0. The van der Waals surface area contributed by atoms with Gasteiger partial charge in [-0.25, -0.2) is 0 Å². The molecule has 0 bridgehead atoms. The van der Waals surface area contributed by atoms with E-state index in [4.69, 9.17) is 0 Å². The third-order valence-electron chi connectivity index (χ3n) is 5.08. The molecule has 1 aliphatic heterocycles. The second kappa shape index (κ2) is 5.61. The Balaban J connectivity index is 2.11. The van der Waals surface area contributed by atoms with Crippen LogP contribution in [0.25, 0.3) is 0 Å². The van der Waals surface area contributed by atoms with Crippen LogP contribution < -0.4 is 0 Å². The van der Waals surface area contributed by atoms with Gasteiger partial charge in [-0.2, -0.15) is 5.26 Å².